The molecular formula is C17H22N4O. The highest BCUT2D eigenvalue weighted by Gasteiger charge is 2.36. The molecule has 0 radical (unpaired) electrons. The summed E-state index contributed by atoms with van der Waals surface area (Å²) in [6, 6.07) is 9.02. The average Bonchev–Trinajstić information content (AvgIpc) is 2.57. The molecule has 0 saturated carbocycles. The lowest BCUT2D eigenvalue weighted by Crippen LogP contribution is -2.48. The van der Waals surface area contributed by atoms with Crippen LogP contribution in [0.4, 0.5) is 10.5 Å². The van der Waals surface area contributed by atoms with Crippen LogP contribution in [0.25, 0.3) is 0 Å². The fourth-order valence-corrected chi connectivity index (χ4v) is 3.47. The molecular weight excluding hydrogens is 276 g/mol. The topological polar surface area (TPSA) is 68.2 Å². The number of nitrogens with one attached hydrogen (secondary N) is 2. The van der Waals surface area contributed by atoms with Crippen LogP contribution in [0.3, 0.4) is 0 Å². The summed E-state index contributed by atoms with van der Waals surface area (Å²) in [5.41, 5.74) is 1.80. The molecule has 2 aliphatic heterocycles. The molecule has 2 fully saturated rings. The molecule has 0 atom stereocenters. The van der Waals surface area contributed by atoms with E-state index in [4.69, 9.17) is 5.26 Å². The Balaban J connectivity index is 1.54. The zero-order valence-corrected chi connectivity index (χ0v) is 12.8. The van der Waals surface area contributed by atoms with E-state index in [0.29, 0.717) is 11.0 Å². The standard InChI is InChI=1S/C17H22N4O/c18-13-14-1-3-15(4-2-14)20-16(22)21-11-7-17(8-12-21)5-9-19-10-6-17/h1-4,19H,5-12H2,(H,20,22). The molecule has 1 spiro atoms. The Morgan fingerprint density at radius 1 is 1.14 bits per heavy atom. The molecule has 1 aromatic rings. The number of carbonyl (C=O) groups is 1. The molecule has 2 N–H and O–H groups in total. The molecule has 5 nitrogen and oxygen atoms in total. The normalized spacial score (nSPS) is 20.4. The van der Waals surface area contributed by atoms with E-state index in [1.54, 1.807) is 24.3 Å². The van der Waals surface area contributed by atoms with Gasteiger partial charge in [0, 0.05) is 18.8 Å². The van der Waals surface area contributed by atoms with E-state index in [2.05, 4.69) is 16.7 Å². The van der Waals surface area contributed by atoms with E-state index in [1.165, 1.54) is 12.8 Å². The largest absolute Gasteiger partial charge is 0.324 e. The van der Waals surface area contributed by atoms with Gasteiger partial charge >= 0.3 is 6.03 Å². The van der Waals surface area contributed by atoms with E-state index in [0.717, 1.165) is 44.7 Å². The maximum absolute atomic E-state index is 12.3. The quantitative estimate of drug-likeness (QED) is 0.837. The van der Waals surface area contributed by atoms with Crippen molar-refractivity contribution in [2.45, 2.75) is 25.7 Å². The predicted octanol–water partition coefficient (Wildman–Crippen LogP) is 2.56. The zero-order valence-electron chi connectivity index (χ0n) is 12.8. The fraction of sp³-hybridized carbons (Fsp3) is 0.529. The molecule has 0 unspecified atom stereocenters. The smallest absolute Gasteiger partial charge is 0.321 e. The van der Waals surface area contributed by atoms with Gasteiger partial charge in [-0.25, -0.2) is 4.79 Å². The van der Waals surface area contributed by atoms with Crippen LogP contribution in [0, 0.1) is 16.7 Å². The van der Waals surface area contributed by atoms with Crippen molar-refractivity contribution in [3.05, 3.63) is 29.8 Å². The maximum Gasteiger partial charge on any atom is 0.321 e. The molecule has 2 saturated heterocycles. The Labute approximate surface area is 131 Å². The number of benzene rings is 1. The highest BCUT2D eigenvalue weighted by atomic mass is 16.2. The number of rotatable bonds is 1. The second-order valence-electron chi connectivity index (χ2n) is 6.36. The molecule has 0 aliphatic carbocycles. The van der Waals surface area contributed by atoms with Crippen molar-refractivity contribution in [3.63, 3.8) is 0 Å². The average molecular weight is 298 g/mol. The lowest BCUT2D eigenvalue weighted by molar-refractivity contribution is 0.0915. The number of likely N-dealkylation sites (tertiary alicyclic amines) is 1. The van der Waals surface area contributed by atoms with Crippen LogP contribution >= 0.6 is 0 Å². The number of hydrogen-bond acceptors (Lipinski definition) is 3. The minimum Gasteiger partial charge on any atom is -0.324 e. The van der Waals surface area contributed by atoms with E-state index in [-0.39, 0.29) is 6.03 Å². The third kappa shape index (κ3) is 3.23. The van der Waals surface area contributed by atoms with Crippen molar-refractivity contribution in [2.75, 3.05) is 31.5 Å². The van der Waals surface area contributed by atoms with Gasteiger partial charge in [-0.05, 0) is 68.5 Å². The third-order valence-corrected chi connectivity index (χ3v) is 5.04. The van der Waals surface area contributed by atoms with Crippen LogP contribution in [0.2, 0.25) is 0 Å². The SMILES string of the molecule is N#Cc1ccc(NC(=O)N2CCC3(CCNCC3)CC2)cc1. The second-order valence-corrected chi connectivity index (χ2v) is 6.36. The summed E-state index contributed by atoms with van der Waals surface area (Å²) < 4.78 is 0. The summed E-state index contributed by atoms with van der Waals surface area (Å²) in [7, 11) is 0. The number of nitriles is 1. The van der Waals surface area contributed by atoms with E-state index < -0.39 is 0 Å². The van der Waals surface area contributed by atoms with Gasteiger partial charge in [0.1, 0.15) is 0 Å². The van der Waals surface area contributed by atoms with Gasteiger partial charge in [0.25, 0.3) is 0 Å². The van der Waals surface area contributed by atoms with Crippen LogP contribution < -0.4 is 10.6 Å². The molecule has 116 valence electrons. The molecule has 2 amide bonds. The minimum absolute atomic E-state index is 0.0338. The van der Waals surface area contributed by atoms with Gasteiger partial charge in [-0.2, -0.15) is 5.26 Å². The molecule has 0 aromatic heterocycles. The summed E-state index contributed by atoms with van der Waals surface area (Å²) in [4.78, 5) is 14.2. The third-order valence-electron chi connectivity index (χ3n) is 5.04. The van der Waals surface area contributed by atoms with Crippen molar-refractivity contribution < 1.29 is 4.79 Å². The van der Waals surface area contributed by atoms with E-state index in [1.807, 2.05) is 4.90 Å². The molecule has 2 aliphatic rings. The van der Waals surface area contributed by atoms with Gasteiger partial charge in [0.05, 0.1) is 11.6 Å². The van der Waals surface area contributed by atoms with Gasteiger partial charge in [0.2, 0.25) is 0 Å². The fourth-order valence-electron chi connectivity index (χ4n) is 3.47. The van der Waals surface area contributed by atoms with Crippen LogP contribution in [0.15, 0.2) is 24.3 Å². The summed E-state index contributed by atoms with van der Waals surface area (Å²) in [6.45, 7) is 3.89. The number of urea groups is 1. The summed E-state index contributed by atoms with van der Waals surface area (Å²) >= 11 is 0. The number of carbonyl (C=O) groups excluding carboxylic acids is 1. The first-order valence-corrected chi connectivity index (χ1v) is 7.98. The lowest BCUT2D eigenvalue weighted by Gasteiger charge is -2.44. The van der Waals surface area contributed by atoms with Gasteiger partial charge in [-0.3, -0.25) is 0 Å². The predicted molar refractivity (Wildman–Crippen MR) is 85.5 cm³/mol. The molecule has 1 aromatic carbocycles. The van der Waals surface area contributed by atoms with Crippen LogP contribution in [0.1, 0.15) is 31.2 Å². The Morgan fingerprint density at radius 2 is 1.77 bits per heavy atom. The highest BCUT2D eigenvalue weighted by Crippen LogP contribution is 2.39. The number of amides is 2. The molecule has 0 bridgehead atoms. The van der Waals surface area contributed by atoms with Crippen molar-refractivity contribution in [3.8, 4) is 6.07 Å². The van der Waals surface area contributed by atoms with Crippen LogP contribution in [0.5, 0.6) is 0 Å². The molecule has 5 heteroatoms. The van der Waals surface area contributed by atoms with Crippen LogP contribution in [-0.4, -0.2) is 37.1 Å². The van der Waals surface area contributed by atoms with Crippen molar-refractivity contribution in [2.24, 2.45) is 5.41 Å². The number of hydrogen-bond donors (Lipinski definition) is 2. The Morgan fingerprint density at radius 3 is 2.36 bits per heavy atom. The molecule has 3 rings (SSSR count). The molecule has 22 heavy (non-hydrogen) atoms. The monoisotopic (exact) mass is 298 g/mol. The Bertz CT molecular complexity index is 559. The van der Waals surface area contributed by atoms with Gasteiger partial charge in [-0.1, -0.05) is 0 Å². The van der Waals surface area contributed by atoms with Crippen molar-refractivity contribution >= 4 is 11.7 Å². The number of piperidine rings is 2. The van der Waals surface area contributed by atoms with Crippen molar-refractivity contribution in [1.29, 1.82) is 5.26 Å². The first-order chi connectivity index (χ1) is 10.7. The zero-order chi connectivity index (χ0) is 15.4. The molecule has 2 heterocycles. The summed E-state index contributed by atoms with van der Waals surface area (Å²) in [5.74, 6) is 0. The summed E-state index contributed by atoms with van der Waals surface area (Å²) in [6.07, 6.45) is 4.68. The highest BCUT2D eigenvalue weighted by molar-refractivity contribution is 5.89. The number of anilines is 1. The van der Waals surface area contributed by atoms with Crippen LogP contribution in [-0.2, 0) is 0 Å². The maximum atomic E-state index is 12.3. The Kier molecular flexibility index (Phi) is 4.30. The number of nitrogens with zero attached hydrogens (tertiary/aromatic N) is 2. The Hall–Kier alpha value is -2.06. The van der Waals surface area contributed by atoms with Gasteiger partial charge in [0.15, 0.2) is 0 Å². The summed E-state index contributed by atoms with van der Waals surface area (Å²) in [5, 5.41) is 15.1. The van der Waals surface area contributed by atoms with E-state index >= 15 is 0 Å². The first kappa shape index (κ1) is 14.9. The second kappa shape index (κ2) is 6.37. The van der Waals surface area contributed by atoms with Gasteiger partial charge < -0.3 is 15.5 Å². The minimum atomic E-state index is -0.0338. The van der Waals surface area contributed by atoms with E-state index in [9.17, 15) is 4.79 Å². The lowest BCUT2D eigenvalue weighted by atomic mass is 9.72. The van der Waals surface area contributed by atoms with Gasteiger partial charge in [-0.15, -0.1) is 0 Å². The first-order valence-electron chi connectivity index (χ1n) is 7.98. The van der Waals surface area contributed by atoms with Crippen molar-refractivity contribution in [1.82, 2.24) is 10.2 Å².